The van der Waals surface area contributed by atoms with Gasteiger partial charge in [-0.15, -0.1) is 0 Å². The highest BCUT2D eigenvalue weighted by Crippen LogP contribution is 2.67. The van der Waals surface area contributed by atoms with Gasteiger partial charge in [-0.1, -0.05) is 51.0 Å². The number of aliphatic hydroxyl groups excluding tert-OH is 2. The van der Waals surface area contributed by atoms with Gasteiger partial charge in [0.05, 0.1) is 6.10 Å². The summed E-state index contributed by atoms with van der Waals surface area (Å²) in [5, 5.41) is 20.8. The SMILES string of the molecule is CCC1=C[C@@]2(C)C(=C1)CC[C@@H]1C2[C@@H](O)C[C@@]2(C)C1C[C@@H](C)[C@@H]2C(=O)CO. The molecule has 0 bridgehead atoms. The molecule has 0 aromatic carbocycles. The minimum atomic E-state index is -0.373. The summed E-state index contributed by atoms with van der Waals surface area (Å²) in [6.45, 7) is 8.56. The average molecular weight is 359 g/mol. The van der Waals surface area contributed by atoms with Crippen LogP contribution in [0.1, 0.15) is 59.8 Å². The highest BCUT2D eigenvalue weighted by Gasteiger charge is 2.64. The van der Waals surface area contributed by atoms with Gasteiger partial charge in [0, 0.05) is 17.3 Å². The molecule has 0 spiro atoms. The molecule has 0 saturated heterocycles. The maximum Gasteiger partial charge on any atom is 0.162 e. The molecule has 2 N–H and O–H groups in total. The number of rotatable bonds is 3. The Labute approximate surface area is 157 Å². The van der Waals surface area contributed by atoms with E-state index in [0.29, 0.717) is 24.2 Å². The van der Waals surface area contributed by atoms with Crippen LogP contribution in [0.25, 0.3) is 0 Å². The lowest BCUT2D eigenvalue weighted by atomic mass is 9.47. The van der Waals surface area contributed by atoms with Crippen LogP contribution in [0.2, 0.25) is 0 Å². The molecule has 4 aliphatic rings. The molecular weight excluding hydrogens is 324 g/mol. The Kier molecular flexibility index (Phi) is 4.28. The fourth-order valence-electron chi connectivity index (χ4n) is 7.83. The molecule has 0 amide bonds. The maximum atomic E-state index is 12.5. The maximum absolute atomic E-state index is 12.5. The molecule has 0 aromatic heterocycles. The van der Waals surface area contributed by atoms with Gasteiger partial charge in [-0.3, -0.25) is 4.79 Å². The molecule has 0 aliphatic heterocycles. The number of allylic oxidation sites excluding steroid dienone is 4. The minimum Gasteiger partial charge on any atom is -0.393 e. The summed E-state index contributed by atoms with van der Waals surface area (Å²) in [6.07, 6.45) is 9.48. The van der Waals surface area contributed by atoms with Gasteiger partial charge >= 0.3 is 0 Å². The summed E-state index contributed by atoms with van der Waals surface area (Å²) in [4.78, 5) is 12.5. The average Bonchev–Trinajstić information content (AvgIpc) is 3.06. The van der Waals surface area contributed by atoms with Crippen molar-refractivity contribution in [2.24, 2.45) is 40.4 Å². The summed E-state index contributed by atoms with van der Waals surface area (Å²) in [7, 11) is 0. The van der Waals surface area contributed by atoms with E-state index in [4.69, 9.17) is 0 Å². The van der Waals surface area contributed by atoms with Crippen molar-refractivity contribution in [3.05, 3.63) is 23.3 Å². The minimum absolute atomic E-state index is 0.0165. The molecule has 0 heterocycles. The van der Waals surface area contributed by atoms with Crippen LogP contribution in [0.15, 0.2) is 23.3 Å². The number of ketones is 1. The summed E-state index contributed by atoms with van der Waals surface area (Å²) in [5.41, 5.74) is 2.73. The van der Waals surface area contributed by atoms with Crippen molar-refractivity contribution in [2.75, 3.05) is 6.61 Å². The Hall–Kier alpha value is -0.930. The lowest BCUT2D eigenvalue weighted by Gasteiger charge is -2.57. The van der Waals surface area contributed by atoms with Crippen LogP contribution in [0.4, 0.5) is 0 Å². The standard InChI is InChI=1S/C23H34O3/c1-5-14-9-15-6-7-16-17-8-13(2)20(19(26)12-24)23(17,4)11-18(25)21(16)22(15,3)10-14/h9-10,13,16-18,20-21,24-25H,5-8,11-12H2,1-4H3/t13-,16+,17?,18+,20-,21?,22+,23+/m1/s1. The Bertz CT molecular complexity index is 677. The van der Waals surface area contributed by atoms with Gasteiger partial charge in [-0.25, -0.2) is 0 Å². The number of Topliss-reactive ketones (excluding diaryl/α,β-unsaturated/α-hetero) is 1. The fraction of sp³-hybridized carbons (Fsp3) is 0.783. The van der Waals surface area contributed by atoms with Crippen LogP contribution in [0.3, 0.4) is 0 Å². The van der Waals surface area contributed by atoms with Crippen LogP contribution in [0.5, 0.6) is 0 Å². The van der Waals surface area contributed by atoms with E-state index in [2.05, 4.69) is 39.8 Å². The quantitative estimate of drug-likeness (QED) is 0.804. The number of aliphatic hydroxyl groups is 2. The van der Waals surface area contributed by atoms with Gasteiger partial charge in [0.1, 0.15) is 6.61 Å². The molecule has 3 fully saturated rings. The zero-order valence-electron chi connectivity index (χ0n) is 16.7. The Morgan fingerprint density at radius 2 is 2.08 bits per heavy atom. The number of hydrogen-bond acceptors (Lipinski definition) is 3. The number of hydrogen-bond donors (Lipinski definition) is 2. The topological polar surface area (TPSA) is 57.5 Å². The lowest BCUT2D eigenvalue weighted by molar-refractivity contribution is -0.141. The molecule has 4 rings (SSSR count). The van der Waals surface area contributed by atoms with E-state index < -0.39 is 0 Å². The van der Waals surface area contributed by atoms with Gasteiger partial charge in [-0.05, 0) is 55.3 Å². The summed E-state index contributed by atoms with van der Waals surface area (Å²) in [5.74, 6) is 1.37. The normalized spacial score (nSPS) is 49.8. The Morgan fingerprint density at radius 1 is 1.35 bits per heavy atom. The molecule has 8 atom stereocenters. The van der Waals surface area contributed by atoms with Crippen molar-refractivity contribution in [3.63, 3.8) is 0 Å². The molecule has 144 valence electrons. The van der Waals surface area contributed by atoms with E-state index in [-0.39, 0.29) is 41.2 Å². The number of fused-ring (bicyclic) bond motifs is 5. The fourth-order valence-corrected chi connectivity index (χ4v) is 7.83. The molecule has 3 saturated carbocycles. The highest BCUT2D eigenvalue weighted by molar-refractivity contribution is 5.83. The second-order valence-electron chi connectivity index (χ2n) is 9.95. The smallest absolute Gasteiger partial charge is 0.162 e. The van der Waals surface area contributed by atoms with E-state index in [1.807, 2.05) is 0 Å². The largest absolute Gasteiger partial charge is 0.393 e. The molecule has 0 aromatic rings. The molecule has 3 nitrogen and oxygen atoms in total. The molecule has 3 heteroatoms. The van der Waals surface area contributed by atoms with Crippen molar-refractivity contribution in [3.8, 4) is 0 Å². The lowest BCUT2D eigenvalue weighted by Crippen LogP contribution is -2.55. The Morgan fingerprint density at radius 3 is 2.73 bits per heavy atom. The molecule has 2 unspecified atom stereocenters. The predicted octanol–water partition coefficient (Wildman–Crippen LogP) is 3.90. The van der Waals surface area contributed by atoms with Crippen LogP contribution in [-0.2, 0) is 4.79 Å². The number of carbonyl (C=O) groups excluding carboxylic acids is 1. The van der Waals surface area contributed by atoms with E-state index >= 15 is 0 Å². The van der Waals surface area contributed by atoms with Crippen molar-refractivity contribution >= 4 is 5.78 Å². The second kappa shape index (κ2) is 6.04. The van der Waals surface area contributed by atoms with E-state index in [0.717, 1.165) is 25.7 Å². The van der Waals surface area contributed by atoms with Crippen LogP contribution < -0.4 is 0 Å². The first-order chi connectivity index (χ1) is 12.3. The first-order valence-electron chi connectivity index (χ1n) is 10.5. The van der Waals surface area contributed by atoms with Crippen molar-refractivity contribution in [1.82, 2.24) is 0 Å². The third-order valence-electron chi connectivity index (χ3n) is 8.68. The Balaban J connectivity index is 1.73. The highest BCUT2D eigenvalue weighted by atomic mass is 16.3. The zero-order valence-corrected chi connectivity index (χ0v) is 16.7. The van der Waals surface area contributed by atoms with Crippen LogP contribution >= 0.6 is 0 Å². The van der Waals surface area contributed by atoms with E-state index in [9.17, 15) is 15.0 Å². The van der Waals surface area contributed by atoms with Crippen molar-refractivity contribution in [1.29, 1.82) is 0 Å². The molecular formula is C23H34O3. The van der Waals surface area contributed by atoms with E-state index in [1.54, 1.807) is 0 Å². The first-order valence-corrected chi connectivity index (χ1v) is 10.5. The van der Waals surface area contributed by atoms with Crippen molar-refractivity contribution < 1.29 is 15.0 Å². The van der Waals surface area contributed by atoms with Gasteiger partial charge in [-0.2, -0.15) is 0 Å². The van der Waals surface area contributed by atoms with Gasteiger partial charge in [0.15, 0.2) is 5.78 Å². The third kappa shape index (κ3) is 2.29. The monoisotopic (exact) mass is 358 g/mol. The van der Waals surface area contributed by atoms with Gasteiger partial charge in [0.2, 0.25) is 0 Å². The molecule has 26 heavy (non-hydrogen) atoms. The number of carbonyl (C=O) groups is 1. The zero-order chi connectivity index (χ0) is 18.9. The van der Waals surface area contributed by atoms with Gasteiger partial charge in [0.25, 0.3) is 0 Å². The predicted molar refractivity (Wildman–Crippen MR) is 102 cm³/mol. The van der Waals surface area contributed by atoms with Gasteiger partial charge < -0.3 is 10.2 Å². The summed E-state index contributed by atoms with van der Waals surface area (Å²) >= 11 is 0. The van der Waals surface area contributed by atoms with Crippen molar-refractivity contribution in [2.45, 2.75) is 65.9 Å². The first kappa shape index (κ1) is 18.4. The van der Waals surface area contributed by atoms with Crippen LogP contribution in [-0.4, -0.2) is 28.7 Å². The summed E-state index contributed by atoms with van der Waals surface area (Å²) in [6, 6.07) is 0. The second-order valence-corrected chi connectivity index (χ2v) is 9.95. The molecule has 0 radical (unpaired) electrons. The van der Waals surface area contributed by atoms with Crippen LogP contribution in [0, 0.1) is 40.4 Å². The molecule has 4 aliphatic carbocycles. The van der Waals surface area contributed by atoms with E-state index in [1.165, 1.54) is 11.1 Å². The third-order valence-corrected chi connectivity index (χ3v) is 8.68. The summed E-state index contributed by atoms with van der Waals surface area (Å²) < 4.78 is 0.